The lowest BCUT2D eigenvalue weighted by molar-refractivity contribution is -0.143. The molecule has 0 spiro atoms. The molecule has 0 amide bonds. The van der Waals surface area contributed by atoms with Crippen LogP contribution in [-0.2, 0) is 14.3 Å². The van der Waals surface area contributed by atoms with Gasteiger partial charge in [0.15, 0.2) is 5.25 Å². The van der Waals surface area contributed by atoms with Crippen LogP contribution in [0, 0.1) is 0 Å². The first kappa shape index (κ1) is 12.6. The van der Waals surface area contributed by atoms with E-state index in [0.717, 1.165) is 22.4 Å². The number of thioether (sulfide) groups is 1. The molecular weight excluding hydrogens is 252 g/mol. The van der Waals surface area contributed by atoms with Gasteiger partial charge in [-0.2, -0.15) is 0 Å². The highest BCUT2D eigenvalue weighted by Gasteiger charge is 2.21. The van der Waals surface area contributed by atoms with Crippen molar-refractivity contribution in [3.8, 4) is 0 Å². The van der Waals surface area contributed by atoms with E-state index in [1.54, 1.807) is 19.3 Å². The fraction of sp³-hybridized carbons (Fsp3) is 0.250. The van der Waals surface area contributed by atoms with E-state index in [4.69, 9.17) is 4.74 Å². The average Bonchev–Trinajstić information content (AvgIpc) is 2.85. The van der Waals surface area contributed by atoms with Gasteiger partial charge >= 0.3 is 5.97 Å². The maximum atomic E-state index is 11.6. The lowest BCUT2D eigenvalue weighted by atomic mass is 10.5. The number of carbonyl (C=O) groups is 2. The van der Waals surface area contributed by atoms with Gasteiger partial charge in [0.1, 0.15) is 11.9 Å². The Morgan fingerprint density at radius 2 is 2.44 bits per heavy atom. The van der Waals surface area contributed by atoms with Gasteiger partial charge in [0.05, 0.1) is 11.6 Å². The Labute approximate surface area is 108 Å². The Hall–Kier alpha value is -1.82. The van der Waals surface area contributed by atoms with Gasteiger partial charge in [-0.1, -0.05) is 17.8 Å². The largest absolute Gasteiger partial charge is 0.465 e. The molecule has 0 fully saturated rings. The molecule has 94 valence electrons. The van der Waals surface area contributed by atoms with Gasteiger partial charge in [-0.05, 0) is 19.1 Å². The number of hydrogen-bond donors (Lipinski definition) is 0. The van der Waals surface area contributed by atoms with Gasteiger partial charge < -0.3 is 9.53 Å². The van der Waals surface area contributed by atoms with Crippen molar-refractivity contribution in [1.82, 2.24) is 9.38 Å². The quantitative estimate of drug-likeness (QED) is 0.355. The molecule has 0 saturated heterocycles. The molecule has 0 radical (unpaired) electrons. The number of imidazole rings is 1. The van der Waals surface area contributed by atoms with Gasteiger partial charge in [-0.15, -0.1) is 0 Å². The molecule has 1 unspecified atom stereocenters. The van der Waals surface area contributed by atoms with Crippen molar-refractivity contribution in [3.05, 3.63) is 30.6 Å². The third-order valence-electron chi connectivity index (χ3n) is 2.28. The minimum atomic E-state index is -0.849. The molecule has 2 aromatic heterocycles. The fourth-order valence-electron chi connectivity index (χ4n) is 1.50. The summed E-state index contributed by atoms with van der Waals surface area (Å²) in [6, 6.07) is 5.51. The third-order valence-corrected chi connectivity index (χ3v) is 3.41. The topological polar surface area (TPSA) is 60.7 Å². The van der Waals surface area contributed by atoms with Gasteiger partial charge in [0.2, 0.25) is 0 Å². The molecule has 2 rings (SSSR count). The Morgan fingerprint density at radius 3 is 3.17 bits per heavy atom. The monoisotopic (exact) mass is 264 g/mol. The van der Waals surface area contributed by atoms with E-state index < -0.39 is 11.2 Å². The number of rotatable bonds is 5. The van der Waals surface area contributed by atoms with Crippen LogP contribution in [-0.4, -0.2) is 33.5 Å². The second-order valence-corrected chi connectivity index (χ2v) is 4.61. The first-order chi connectivity index (χ1) is 8.76. The number of aromatic nitrogens is 2. The number of fused-ring (bicyclic) bond motifs is 1. The number of ether oxygens (including phenoxy) is 1. The smallest absolute Gasteiger partial charge is 0.326 e. The van der Waals surface area contributed by atoms with E-state index in [2.05, 4.69) is 4.98 Å². The predicted octanol–water partition coefficient (Wildman–Crippen LogP) is 1.56. The minimum Gasteiger partial charge on any atom is -0.465 e. The van der Waals surface area contributed by atoms with Crippen molar-refractivity contribution in [2.45, 2.75) is 17.2 Å². The van der Waals surface area contributed by atoms with Crippen LogP contribution in [0.15, 0.2) is 35.6 Å². The highest BCUT2D eigenvalue weighted by Crippen LogP contribution is 2.23. The summed E-state index contributed by atoms with van der Waals surface area (Å²) in [5.74, 6) is -0.519. The van der Waals surface area contributed by atoms with Crippen LogP contribution in [0.25, 0.3) is 5.65 Å². The number of aldehydes is 1. The van der Waals surface area contributed by atoms with E-state index >= 15 is 0 Å². The van der Waals surface area contributed by atoms with Crippen LogP contribution in [0.2, 0.25) is 0 Å². The Balaban J connectivity index is 2.24. The number of pyridine rings is 1. The van der Waals surface area contributed by atoms with E-state index in [9.17, 15) is 9.59 Å². The van der Waals surface area contributed by atoms with Crippen LogP contribution >= 0.6 is 11.8 Å². The SMILES string of the molecule is CCOC(=O)C(C=O)Sc1cccc2nccn12. The van der Waals surface area contributed by atoms with Gasteiger partial charge in [0, 0.05) is 12.4 Å². The average molecular weight is 264 g/mol. The third kappa shape index (κ3) is 2.53. The zero-order chi connectivity index (χ0) is 13.0. The molecule has 18 heavy (non-hydrogen) atoms. The normalized spacial score (nSPS) is 12.3. The van der Waals surface area contributed by atoms with Crippen molar-refractivity contribution in [2.24, 2.45) is 0 Å². The highest BCUT2D eigenvalue weighted by atomic mass is 32.2. The summed E-state index contributed by atoms with van der Waals surface area (Å²) in [5, 5.41) is -0.0758. The van der Waals surface area contributed by atoms with Crippen molar-refractivity contribution >= 4 is 29.7 Å². The van der Waals surface area contributed by atoms with Crippen LogP contribution < -0.4 is 0 Å². The van der Waals surface area contributed by atoms with Crippen LogP contribution in [0.3, 0.4) is 0 Å². The molecule has 0 aliphatic carbocycles. The molecule has 0 aromatic carbocycles. The molecule has 0 bridgehead atoms. The summed E-state index contributed by atoms with van der Waals surface area (Å²) in [6.45, 7) is 1.97. The molecule has 0 aliphatic heterocycles. The van der Waals surface area contributed by atoms with Crippen LogP contribution in [0.5, 0.6) is 0 Å². The zero-order valence-electron chi connectivity index (χ0n) is 9.78. The van der Waals surface area contributed by atoms with E-state index in [1.165, 1.54) is 0 Å². The Bertz CT molecular complexity index is 567. The van der Waals surface area contributed by atoms with Crippen molar-refractivity contribution in [3.63, 3.8) is 0 Å². The Morgan fingerprint density at radius 1 is 1.61 bits per heavy atom. The number of hydrogen-bond acceptors (Lipinski definition) is 5. The molecule has 5 nitrogen and oxygen atoms in total. The predicted molar refractivity (Wildman–Crippen MR) is 67.5 cm³/mol. The van der Waals surface area contributed by atoms with Crippen molar-refractivity contribution in [1.29, 1.82) is 0 Å². The maximum absolute atomic E-state index is 11.6. The first-order valence-corrected chi connectivity index (χ1v) is 6.35. The lowest BCUT2D eigenvalue weighted by Crippen LogP contribution is -2.21. The number of esters is 1. The molecule has 0 aliphatic rings. The molecule has 6 heteroatoms. The molecular formula is C12H12N2O3S. The van der Waals surface area contributed by atoms with E-state index in [1.807, 2.05) is 22.6 Å². The van der Waals surface area contributed by atoms with Crippen molar-refractivity contribution in [2.75, 3.05) is 6.61 Å². The van der Waals surface area contributed by atoms with Crippen LogP contribution in [0.4, 0.5) is 0 Å². The lowest BCUT2D eigenvalue weighted by Gasteiger charge is -2.10. The number of carbonyl (C=O) groups excluding carboxylic acids is 2. The minimum absolute atomic E-state index is 0.263. The molecule has 0 saturated carbocycles. The highest BCUT2D eigenvalue weighted by molar-refractivity contribution is 8.01. The second kappa shape index (κ2) is 5.68. The number of nitrogens with zero attached hydrogens (tertiary/aromatic N) is 2. The molecule has 1 atom stereocenters. The molecule has 0 N–H and O–H groups in total. The summed E-state index contributed by atoms with van der Waals surface area (Å²) >= 11 is 1.15. The van der Waals surface area contributed by atoms with Gasteiger partial charge in [-0.3, -0.25) is 9.20 Å². The molecule has 2 heterocycles. The van der Waals surface area contributed by atoms with Gasteiger partial charge in [-0.25, -0.2) is 4.98 Å². The van der Waals surface area contributed by atoms with Gasteiger partial charge in [0.25, 0.3) is 0 Å². The summed E-state index contributed by atoms with van der Waals surface area (Å²) in [4.78, 5) is 26.6. The van der Waals surface area contributed by atoms with Crippen LogP contribution in [0.1, 0.15) is 6.92 Å². The van der Waals surface area contributed by atoms with E-state index in [-0.39, 0.29) is 6.61 Å². The summed E-state index contributed by atoms with van der Waals surface area (Å²) in [5.41, 5.74) is 0.772. The second-order valence-electron chi connectivity index (χ2n) is 3.45. The maximum Gasteiger partial charge on any atom is 0.326 e. The van der Waals surface area contributed by atoms with E-state index in [0.29, 0.717) is 6.29 Å². The first-order valence-electron chi connectivity index (χ1n) is 5.47. The fourth-order valence-corrected chi connectivity index (χ4v) is 2.41. The Kier molecular flexibility index (Phi) is 3.99. The summed E-state index contributed by atoms with van der Waals surface area (Å²) in [7, 11) is 0. The van der Waals surface area contributed by atoms with Crippen molar-refractivity contribution < 1.29 is 14.3 Å². The summed E-state index contributed by atoms with van der Waals surface area (Å²) < 4.78 is 6.66. The molecule has 2 aromatic rings. The standard InChI is InChI=1S/C12H12N2O3S/c1-2-17-12(16)9(8-15)18-11-5-3-4-10-13-6-7-14(10)11/h3-9H,2H2,1H3. The summed E-state index contributed by atoms with van der Waals surface area (Å²) in [6.07, 6.45) is 4.04. The zero-order valence-corrected chi connectivity index (χ0v) is 10.6.